The van der Waals surface area contributed by atoms with E-state index in [1.807, 2.05) is 6.07 Å². The molecule has 2 rings (SSSR count). The number of hydrogen-bond acceptors (Lipinski definition) is 4. The fourth-order valence-electron chi connectivity index (χ4n) is 2.02. The zero-order valence-electron chi connectivity index (χ0n) is 9.72. The summed E-state index contributed by atoms with van der Waals surface area (Å²) in [6.07, 6.45) is 2.53. The highest BCUT2D eigenvalue weighted by Gasteiger charge is 2.31. The van der Waals surface area contributed by atoms with E-state index < -0.39 is 0 Å². The molecule has 1 aromatic rings. The summed E-state index contributed by atoms with van der Waals surface area (Å²) in [5.41, 5.74) is 0. The summed E-state index contributed by atoms with van der Waals surface area (Å²) in [6, 6.07) is 3.59. The second kappa shape index (κ2) is 5.03. The van der Waals surface area contributed by atoms with E-state index in [1.165, 1.54) is 7.11 Å². The minimum atomic E-state index is -0.248. The van der Waals surface area contributed by atoms with E-state index in [1.54, 1.807) is 17.2 Å². The lowest BCUT2D eigenvalue weighted by Crippen LogP contribution is -2.42. The molecule has 0 aliphatic carbocycles. The van der Waals surface area contributed by atoms with Crippen molar-refractivity contribution in [1.82, 2.24) is 4.90 Å². The number of esters is 1. The first-order valence-corrected chi connectivity index (χ1v) is 5.58. The molecule has 0 saturated carbocycles. The third-order valence-electron chi connectivity index (χ3n) is 2.96. The Kier molecular flexibility index (Phi) is 3.46. The van der Waals surface area contributed by atoms with Gasteiger partial charge >= 0.3 is 5.97 Å². The molecule has 1 aliphatic rings. The van der Waals surface area contributed by atoms with Crippen molar-refractivity contribution in [3.05, 3.63) is 24.2 Å². The first-order chi connectivity index (χ1) is 8.20. The molecule has 1 amide bonds. The molecule has 1 unspecified atom stereocenters. The van der Waals surface area contributed by atoms with Gasteiger partial charge in [0, 0.05) is 13.0 Å². The molecule has 92 valence electrons. The number of hydrogen-bond donors (Lipinski definition) is 0. The highest BCUT2D eigenvalue weighted by atomic mass is 16.5. The Morgan fingerprint density at radius 2 is 2.47 bits per heavy atom. The van der Waals surface area contributed by atoms with Crippen molar-refractivity contribution in [2.24, 2.45) is 5.92 Å². The second-order valence-electron chi connectivity index (χ2n) is 4.11. The van der Waals surface area contributed by atoms with Crippen LogP contribution in [0.15, 0.2) is 22.8 Å². The van der Waals surface area contributed by atoms with Gasteiger partial charge in [0.2, 0.25) is 5.91 Å². The van der Waals surface area contributed by atoms with Crippen molar-refractivity contribution in [3.63, 3.8) is 0 Å². The van der Waals surface area contributed by atoms with Crippen molar-refractivity contribution in [2.45, 2.75) is 19.4 Å². The topological polar surface area (TPSA) is 59.8 Å². The van der Waals surface area contributed by atoms with Gasteiger partial charge in [-0.3, -0.25) is 9.59 Å². The minimum Gasteiger partial charge on any atom is -0.469 e. The smallest absolute Gasteiger partial charge is 0.310 e. The Hall–Kier alpha value is -1.78. The molecular weight excluding hydrogens is 222 g/mol. The van der Waals surface area contributed by atoms with E-state index in [2.05, 4.69) is 0 Å². The molecule has 17 heavy (non-hydrogen) atoms. The largest absolute Gasteiger partial charge is 0.469 e. The first kappa shape index (κ1) is 11.7. The van der Waals surface area contributed by atoms with E-state index in [0.29, 0.717) is 25.9 Å². The summed E-state index contributed by atoms with van der Waals surface area (Å²) in [5.74, 6) is 0.319. The summed E-state index contributed by atoms with van der Waals surface area (Å²) in [6.45, 7) is 0.825. The number of ether oxygens (including phenoxy) is 1. The Labute approximate surface area is 99.3 Å². The van der Waals surface area contributed by atoms with Gasteiger partial charge in [0.05, 0.1) is 25.8 Å². The van der Waals surface area contributed by atoms with Crippen LogP contribution in [-0.4, -0.2) is 30.4 Å². The molecule has 1 aliphatic heterocycles. The molecule has 0 N–H and O–H groups in total. The van der Waals surface area contributed by atoms with Gasteiger partial charge in [0.1, 0.15) is 5.76 Å². The standard InChI is InChI=1S/C12H15NO4/c1-16-12(15)9-4-5-11(14)13(7-9)8-10-3-2-6-17-10/h2-3,6,9H,4-5,7-8H2,1H3. The van der Waals surface area contributed by atoms with Crippen LogP contribution < -0.4 is 0 Å². The number of amides is 1. The van der Waals surface area contributed by atoms with E-state index >= 15 is 0 Å². The van der Waals surface area contributed by atoms with Crippen molar-refractivity contribution >= 4 is 11.9 Å². The Morgan fingerprint density at radius 3 is 3.12 bits per heavy atom. The quantitative estimate of drug-likeness (QED) is 0.741. The number of piperidine rings is 1. The molecule has 5 heteroatoms. The predicted molar refractivity (Wildman–Crippen MR) is 58.9 cm³/mol. The maximum atomic E-state index is 11.7. The van der Waals surface area contributed by atoms with Crippen LogP contribution in [0.5, 0.6) is 0 Å². The first-order valence-electron chi connectivity index (χ1n) is 5.58. The van der Waals surface area contributed by atoms with Crippen LogP contribution in [-0.2, 0) is 20.9 Å². The Balaban J connectivity index is 2.00. The van der Waals surface area contributed by atoms with Crippen LogP contribution in [0.4, 0.5) is 0 Å². The molecule has 5 nitrogen and oxygen atoms in total. The third-order valence-corrected chi connectivity index (χ3v) is 2.96. The molecule has 2 heterocycles. The molecular formula is C12H15NO4. The van der Waals surface area contributed by atoms with Crippen molar-refractivity contribution in [3.8, 4) is 0 Å². The van der Waals surface area contributed by atoms with Crippen LogP contribution in [0.1, 0.15) is 18.6 Å². The number of furan rings is 1. The van der Waals surface area contributed by atoms with Crippen molar-refractivity contribution < 1.29 is 18.7 Å². The number of rotatable bonds is 3. The lowest BCUT2D eigenvalue weighted by Gasteiger charge is -2.30. The predicted octanol–water partition coefficient (Wildman–Crippen LogP) is 1.19. The van der Waals surface area contributed by atoms with Crippen molar-refractivity contribution in [1.29, 1.82) is 0 Å². The van der Waals surface area contributed by atoms with Crippen LogP contribution >= 0.6 is 0 Å². The van der Waals surface area contributed by atoms with Gasteiger partial charge in [-0.25, -0.2) is 0 Å². The number of likely N-dealkylation sites (tertiary alicyclic amines) is 1. The fraction of sp³-hybridized carbons (Fsp3) is 0.500. The van der Waals surface area contributed by atoms with Crippen molar-refractivity contribution in [2.75, 3.05) is 13.7 Å². The highest BCUT2D eigenvalue weighted by Crippen LogP contribution is 2.20. The van der Waals surface area contributed by atoms with Gasteiger partial charge in [0.25, 0.3) is 0 Å². The maximum Gasteiger partial charge on any atom is 0.310 e. The van der Waals surface area contributed by atoms with Gasteiger partial charge in [-0.15, -0.1) is 0 Å². The SMILES string of the molecule is COC(=O)C1CCC(=O)N(Cc2ccco2)C1. The van der Waals surface area contributed by atoms with E-state index in [4.69, 9.17) is 9.15 Å². The molecule has 1 fully saturated rings. The van der Waals surface area contributed by atoms with E-state index in [-0.39, 0.29) is 17.8 Å². The third kappa shape index (κ3) is 2.67. The number of nitrogens with zero attached hydrogens (tertiary/aromatic N) is 1. The zero-order valence-corrected chi connectivity index (χ0v) is 9.72. The average molecular weight is 237 g/mol. The van der Waals surface area contributed by atoms with Crippen LogP contribution in [0.3, 0.4) is 0 Å². The fourth-order valence-corrected chi connectivity index (χ4v) is 2.02. The molecule has 0 spiro atoms. The summed E-state index contributed by atoms with van der Waals surface area (Å²) in [5, 5.41) is 0. The lowest BCUT2D eigenvalue weighted by atomic mass is 9.97. The molecule has 1 atom stereocenters. The molecule has 0 aromatic carbocycles. The molecule has 0 radical (unpaired) electrons. The Bertz CT molecular complexity index is 399. The summed E-state index contributed by atoms with van der Waals surface area (Å²) in [7, 11) is 1.37. The normalized spacial score (nSPS) is 20.4. The number of carbonyl (C=O) groups is 2. The summed E-state index contributed by atoms with van der Waals surface area (Å²) >= 11 is 0. The average Bonchev–Trinajstić information content (AvgIpc) is 2.84. The molecule has 0 bridgehead atoms. The maximum absolute atomic E-state index is 11.7. The zero-order chi connectivity index (χ0) is 12.3. The summed E-state index contributed by atoms with van der Waals surface area (Å²) in [4.78, 5) is 24.8. The van der Waals surface area contributed by atoms with Gasteiger partial charge < -0.3 is 14.1 Å². The molecule has 1 saturated heterocycles. The minimum absolute atomic E-state index is 0.0570. The molecule has 1 aromatic heterocycles. The summed E-state index contributed by atoms with van der Waals surface area (Å²) < 4.78 is 9.90. The van der Waals surface area contributed by atoms with Crippen LogP contribution in [0.2, 0.25) is 0 Å². The number of carbonyl (C=O) groups excluding carboxylic acids is 2. The van der Waals surface area contributed by atoms with Crippen LogP contribution in [0.25, 0.3) is 0 Å². The van der Waals surface area contributed by atoms with Gasteiger partial charge in [-0.05, 0) is 18.6 Å². The highest BCUT2D eigenvalue weighted by molar-refractivity contribution is 5.81. The monoisotopic (exact) mass is 237 g/mol. The van der Waals surface area contributed by atoms with E-state index in [0.717, 1.165) is 5.76 Å². The van der Waals surface area contributed by atoms with Crippen LogP contribution in [0, 0.1) is 5.92 Å². The number of methoxy groups -OCH3 is 1. The Morgan fingerprint density at radius 1 is 1.65 bits per heavy atom. The van der Waals surface area contributed by atoms with Gasteiger partial charge in [-0.1, -0.05) is 0 Å². The second-order valence-corrected chi connectivity index (χ2v) is 4.11. The van der Waals surface area contributed by atoms with E-state index in [9.17, 15) is 9.59 Å². The lowest BCUT2D eigenvalue weighted by molar-refractivity contribution is -0.150. The van der Waals surface area contributed by atoms with Gasteiger partial charge in [0.15, 0.2) is 0 Å². The van der Waals surface area contributed by atoms with Gasteiger partial charge in [-0.2, -0.15) is 0 Å².